The Morgan fingerprint density at radius 1 is 1.25 bits per heavy atom. The van der Waals surface area contributed by atoms with Crippen molar-refractivity contribution in [2.75, 3.05) is 7.11 Å². The highest BCUT2D eigenvalue weighted by molar-refractivity contribution is 6.00. The molecular weight excluding hydrogens is 418 g/mol. The number of amides is 2. The van der Waals surface area contributed by atoms with E-state index in [1.165, 1.54) is 4.57 Å². The zero-order valence-corrected chi connectivity index (χ0v) is 16.9. The molecule has 1 fully saturated rings. The van der Waals surface area contributed by atoms with Gasteiger partial charge in [0.25, 0.3) is 0 Å². The summed E-state index contributed by atoms with van der Waals surface area (Å²) < 4.78 is 17.3. The molecule has 1 atom stereocenters. The molecule has 0 bridgehead atoms. The van der Waals surface area contributed by atoms with Crippen molar-refractivity contribution in [3.05, 3.63) is 58.7 Å². The number of pyridine rings is 1. The van der Waals surface area contributed by atoms with Crippen molar-refractivity contribution < 1.29 is 23.3 Å². The van der Waals surface area contributed by atoms with Gasteiger partial charge in [0, 0.05) is 18.8 Å². The zero-order valence-electron chi connectivity index (χ0n) is 16.9. The van der Waals surface area contributed by atoms with Crippen molar-refractivity contribution in [3.63, 3.8) is 0 Å². The number of fused-ring (bicyclic) bond motifs is 1. The van der Waals surface area contributed by atoms with Gasteiger partial charge in [0.05, 0.1) is 24.6 Å². The number of carbonyl (C=O) groups is 2. The second-order valence-corrected chi connectivity index (χ2v) is 7.27. The van der Waals surface area contributed by atoms with Crippen LogP contribution < -0.4 is 15.8 Å². The third-order valence-corrected chi connectivity index (χ3v) is 5.26. The van der Waals surface area contributed by atoms with E-state index in [0.717, 1.165) is 5.56 Å². The molecule has 162 valence electrons. The molecule has 32 heavy (non-hydrogen) atoms. The molecule has 0 saturated carbocycles. The number of imide groups is 1. The number of aromatic nitrogens is 4. The van der Waals surface area contributed by atoms with Crippen LogP contribution in [0.4, 0.5) is 0 Å². The van der Waals surface area contributed by atoms with Crippen molar-refractivity contribution in [1.82, 2.24) is 25.0 Å². The lowest BCUT2D eigenvalue weighted by atomic mass is 10.1. The zero-order chi connectivity index (χ0) is 22.2. The van der Waals surface area contributed by atoms with Gasteiger partial charge >= 0.3 is 5.76 Å². The summed E-state index contributed by atoms with van der Waals surface area (Å²) in [6, 6.07) is 6.04. The number of nitrogens with zero attached hydrogens (tertiary/aromatic N) is 4. The highest BCUT2D eigenvalue weighted by atomic mass is 16.5. The fourth-order valence-electron chi connectivity index (χ4n) is 3.75. The molecule has 1 aromatic carbocycles. The summed E-state index contributed by atoms with van der Waals surface area (Å²) in [5.41, 5.74) is 2.17. The topological polar surface area (TPSA) is 142 Å². The van der Waals surface area contributed by atoms with Gasteiger partial charge in [-0.2, -0.15) is 4.98 Å². The number of ether oxygens (including phenoxy) is 1. The predicted octanol–water partition coefficient (Wildman–Crippen LogP) is 1.62. The number of carbonyl (C=O) groups excluding carboxylic acids is 2. The summed E-state index contributed by atoms with van der Waals surface area (Å²) in [7, 11) is 1.54. The normalized spacial score (nSPS) is 16.3. The Hall–Kier alpha value is -4.28. The van der Waals surface area contributed by atoms with Gasteiger partial charge in [-0.15, -0.1) is 0 Å². The lowest BCUT2D eigenvalue weighted by Crippen LogP contribution is -2.43. The first kappa shape index (κ1) is 19.7. The number of nitrogens with one attached hydrogen (secondary N) is 1. The average molecular weight is 435 g/mol. The van der Waals surface area contributed by atoms with Crippen LogP contribution in [0.2, 0.25) is 0 Å². The van der Waals surface area contributed by atoms with Crippen LogP contribution in [-0.2, 0) is 16.0 Å². The number of benzene rings is 1. The molecule has 3 aromatic heterocycles. The maximum Gasteiger partial charge on any atom is 0.420 e. The van der Waals surface area contributed by atoms with Gasteiger partial charge in [-0.05, 0) is 30.2 Å². The third kappa shape index (κ3) is 3.43. The van der Waals surface area contributed by atoms with Gasteiger partial charge in [-0.1, -0.05) is 11.2 Å². The van der Waals surface area contributed by atoms with E-state index < -0.39 is 17.7 Å². The van der Waals surface area contributed by atoms with E-state index in [4.69, 9.17) is 13.7 Å². The number of methoxy groups -OCH3 is 1. The number of piperidine rings is 1. The molecule has 1 aliphatic rings. The van der Waals surface area contributed by atoms with E-state index in [9.17, 15) is 14.4 Å². The molecule has 2 amide bonds. The van der Waals surface area contributed by atoms with Crippen LogP contribution >= 0.6 is 0 Å². The summed E-state index contributed by atoms with van der Waals surface area (Å²) in [6.45, 7) is 0. The highest BCUT2D eigenvalue weighted by Crippen LogP contribution is 2.27. The van der Waals surface area contributed by atoms with Crippen LogP contribution in [0.3, 0.4) is 0 Å². The van der Waals surface area contributed by atoms with Crippen molar-refractivity contribution in [2.24, 2.45) is 0 Å². The smallest absolute Gasteiger partial charge is 0.420 e. The third-order valence-electron chi connectivity index (χ3n) is 5.26. The summed E-state index contributed by atoms with van der Waals surface area (Å²) in [6.07, 6.45) is 3.86. The lowest BCUT2D eigenvalue weighted by molar-refractivity contribution is -0.135. The molecule has 4 heterocycles. The SMILES string of the molecule is COc1ccncc1-c1noc(Cc2ccc3oc(=O)n(C4CCC(=O)NC4=O)c3c2)n1. The van der Waals surface area contributed by atoms with Gasteiger partial charge in [-0.3, -0.25) is 24.5 Å². The molecule has 1 aliphatic heterocycles. The molecule has 0 radical (unpaired) electrons. The minimum atomic E-state index is -0.815. The molecule has 0 aliphatic carbocycles. The number of rotatable bonds is 5. The van der Waals surface area contributed by atoms with Gasteiger partial charge in [-0.25, -0.2) is 4.79 Å². The molecule has 11 heteroatoms. The Bertz CT molecular complexity index is 1400. The van der Waals surface area contributed by atoms with E-state index in [2.05, 4.69) is 20.4 Å². The van der Waals surface area contributed by atoms with Crippen LogP contribution in [0.5, 0.6) is 5.75 Å². The van der Waals surface area contributed by atoms with E-state index in [1.807, 2.05) is 0 Å². The largest absolute Gasteiger partial charge is 0.496 e. The monoisotopic (exact) mass is 435 g/mol. The molecule has 11 nitrogen and oxygen atoms in total. The second kappa shape index (κ2) is 7.76. The predicted molar refractivity (Wildman–Crippen MR) is 109 cm³/mol. The Morgan fingerprint density at radius 2 is 2.12 bits per heavy atom. The molecule has 1 unspecified atom stereocenters. The van der Waals surface area contributed by atoms with Crippen LogP contribution in [-0.4, -0.2) is 38.6 Å². The number of hydrogen-bond donors (Lipinski definition) is 1. The Morgan fingerprint density at radius 3 is 2.94 bits per heavy atom. The van der Waals surface area contributed by atoms with Gasteiger partial charge in [0.2, 0.25) is 23.5 Å². The summed E-state index contributed by atoms with van der Waals surface area (Å²) in [5, 5.41) is 6.26. The molecular formula is C21H17N5O6. The van der Waals surface area contributed by atoms with Crippen molar-refractivity contribution in [1.29, 1.82) is 0 Å². The Labute approximate surface area is 180 Å². The standard InChI is InChI=1S/C21H17N5O6/c1-30-15-6-7-22-10-12(15)19-24-18(32-25-19)9-11-2-4-16-14(8-11)26(21(29)31-16)13-3-5-17(27)23-20(13)28/h2,4,6-8,10,13H,3,5,9H2,1H3,(H,23,27,28). The summed E-state index contributed by atoms with van der Waals surface area (Å²) in [5.74, 6) is -0.275. The second-order valence-electron chi connectivity index (χ2n) is 7.27. The van der Waals surface area contributed by atoms with Gasteiger partial charge < -0.3 is 13.7 Å². The van der Waals surface area contributed by atoms with Crippen LogP contribution in [0.1, 0.15) is 30.3 Å². The first-order valence-corrected chi connectivity index (χ1v) is 9.82. The summed E-state index contributed by atoms with van der Waals surface area (Å²) in [4.78, 5) is 44.6. The van der Waals surface area contributed by atoms with E-state index >= 15 is 0 Å². The van der Waals surface area contributed by atoms with Crippen molar-refractivity contribution in [2.45, 2.75) is 25.3 Å². The molecule has 1 saturated heterocycles. The first-order chi connectivity index (χ1) is 15.5. The highest BCUT2D eigenvalue weighted by Gasteiger charge is 2.31. The Balaban J connectivity index is 1.46. The van der Waals surface area contributed by atoms with E-state index in [-0.39, 0.29) is 18.7 Å². The maximum absolute atomic E-state index is 12.4. The quantitative estimate of drug-likeness (QED) is 0.463. The van der Waals surface area contributed by atoms with E-state index in [0.29, 0.717) is 40.5 Å². The minimum Gasteiger partial charge on any atom is -0.496 e. The molecule has 5 rings (SSSR count). The number of hydrogen-bond acceptors (Lipinski definition) is 9. The van der Waals surface area contributed by atoms with Gasteiger partial charge in [0.15, 0.2) is 5.58 Å². The molecule has 4 aromatic rings. The minimum absolute atomic E-state index is 0.151. The fourth-order valence-corrected chi connectivity index (χ4v) is 3.75. The van der Waals surface area contributed by atoms with Gasteiger partial charge in [0.1, 0.15) is 11.8 Å². The van der Waals surface area contributed by atoms with Crippen LogP contribution in [0, 0.1) is 0 Å². The van der Waals surface area contributed by atoms with Crippen LogP contribution in [0.15, 0.2) is 50.4 Å². The Kier molecular flexibility index (Phi) is 4.77. The maximum atomic E-state index is 12.4. The van der Waals surface area contributed by atoms with E-state index in [1.54, 1.807) is 43.8 Å². The molecule has 1 N–H and O–H groups in total. The van der Waals surface area contributed by atoms with Crippen molar-refractivity contribution >= 4 is 22.9 Å². The van der Waals surface area contributed by atoms with Crippen LogP contribution in [0.25, 0.3) is 22.5 Å². The number of oxazole rings is 1. The van der Waals surface area contributed by atoms with Crippen molar-refractivity contribution in [3.8, 4) is 17.1 Å². The first-order valence-electron chi connectivity index (χ1n) is 9.82. The molecule has 0 spiro atoms. The summed E-state index contributed by atoms with van der Waals surface area (Å²) >= 11 is 0. The lowest BCUT2D eigenvalue weighted by Gasteiger charge is -2.21. The fraction of sp³-hybridized carbons (Fsp3) is 0.238. The average Bonchev–Trinajstić information content (AvgIpc) is 3.37.